The van der Waals surface area contributed by atoms with E-state index < -0.39 is 14.5 Å². The molecule has 0 bridgehead atoms. The van der Waals surface area contributed by atoms with Crippen molar-refractivity contribution in [1.82, 2.24) is 0 Å². The van der Waals surface area contributed by atoms with Crippen LogP contribution in [0, 0.1) is 0 Å². The van der Waals surface area contributed by atoms with E-state index in [1.54, 1.807) is 0 Å². The van der Waals surface area contributed by atoms with E-state index in [4.69, 9.17) is 0 Å². The summed E-state index contributed by atoms with van der Waals surface area (Å²) < 4.78 is 16.6. The average molecular weight is 112 g/mol. The monoisotopic (exact) mass is 111 g/mol. The summed E-state index contributed by atoms with van der Waals surface area (Å²) in [5, 5.41) is 0. The van der Waals surface area contributed by atoms with Crippen LogP contribution >= 0.6 is 0 Å². The summed E-state index contributed by atoms with van der Waals surface area (Å²) in [5.74, 6) is 0. The predicted molar refractivity (Wildman–Crippen MR) is 2.86 cm³/mol. The Morgan fingerprint density at radius 1 is 1.50 bits per heavy atom. The molecular formula is CuO3. The molecular weight excluding hydrogens is 112 g/mol. The van der Waals surface area contributed by atoms with Crippen LogP contribution in [-0.4, -0.2) is 0 Å². The molecule has 0 amide bonds. The Balaban J connectivity index is 2.60. The predicted octanol–water partition coefficient (Wildman–Crippen LogP) is -0.258. The van der Waals surface area contributed by atoms with Crippen LogP contribution in [0.2, 0.25) is 0 Å². The first-order valence-corrected chi connectivity index (χ1v) is 1.69. The van der Waals surface area contributed by atoms with Crippen LogP contribution in [0.1, 0.15) is 0 Å². The quantitative estimate of drug-likeness (QED) is 0.246. The molecule has 0 N–H and O–H groups in total. The molecule has 0 aromatic heterocycles. The minimum atomic E-state index is -1.31. The summed E-state index contributed by atoms with van der Waals surface area (Å²) in [6.45, 7) is 0. The summed E-state index contributed by atoms with van der Waals surface area (Å²) in [6, 6.07) is 0. The topological polar surface area (TPSA) is 42.1 Å². The summed E-state index contributed by atoms with van der Waals surface area (Å²) in [4.78, 5) is 0. The molecule has 0 unspecified atom stereocenters. The zero-order valence-corrected chi connectivity index (χ0v) is 2.47. The minimum absolute atomic E-state index is 1.31. The molecule has 0 aromatic carbocycles. The molecule has 4 heteroatoms. The van der Waals surface area contributed by atoms with Crippen LogP contribution in [0.4, 0.5) is 0 Å². The first-order valence-electron chi connectivity index (χ1n) is 0.536. The number of rotatable bonds is 0. The van der Waals surface area contributed by atoms with Crippen LogP contribution in [0.5, 0.6) is 0 Å². The van der Waals surface area contributed by atoms with Gasteiger partial charge in [-0.25, -0.2) is 0 Å². The Kier molecular flexibility index (Phi) is 0.366. The maximum absolute atomic E-state index is 9.22. The molecule has 1 aliphatic rings. The normalized spacial score (nSPS) is 30.5. The molecule has 0 radical (unpaired) electrons. The first-order chi connectivity index (χ1) is 1.89. The molecule has 4 heavy (non-hydrogen) atoms. The van der Waals surface area contributed by atoms with Crippen molar-refractivity contribution in [2.24, 2.45) is 0 Å². The molecule has 1 saturated heterocycles. The van der Waals surface area contributed by atoms with Gasteiger partial charge in [-0.2, -0.15) is 0 Å². The Bertz CT molecular complexity index is 41.2. The van der Waals surface area contributed by atoms with Gasteiger partial charge in [0.1, 0.15) is 0 Å². The molecule has 0 atom stereocenters. The van der Waals surface area contributed by atoms with Gasteiger partial charge < -0.3 is 0 Å². The van der Waals surface area contributed by atoms with Crippen LogP contribution in [-0.2, 0) is 26.3 Å². The SMILES string of the molecule is [O]=[Cu]1[O][O]1. The van der Waals surface area contributed by atoms with E-state index in [9.17, 15) is 3.83 Å². The van der Waals surface area contributed by atoms with Crippen molar-refractivity contribution in [2.75, 3.05) is 0 Å². The van der Waals surface area contributed by atoms with Gasteiger partial charge in [0, 0.05) is 0 Å². The molecule has 0 aliphatic carbocycles. The molecule has 1 heterocycles. The zero-order valence-electron chi connectivity index (χ0n) is 1.53. The Labute approximate surface area is 27.2 Å². The molecule has 1 aliphatic heterocycles. The van der Waals surface area contributed by atoms with Crippen LogP contribution in [0.25, 0.3) is 0 Å². The van der Waals surface area contributed by atoms with Crippen molar-refractivity contribution >= 4 is 0 Å². The maximum atomic E-state index is 9.22. The number of hydrogen-bond donors (Lipinski definition) is 0. The summed E-state index contributed by atoms with van der Waals surface area (Å²) in [6.07, 6.45) is 0. The second-order valence-corrected chi connectivity index (χ2v) is 1.04. The molecule has 1 rings (SSSR count). The van der Waals surface area contributed by atoms with Crippen LogP contribution in [0.3, 0.4) is 0 Å². The van der Waals surface area contributed by atoms with Gasteiger partial charge in [-0.15, -0.1) is 0 Å². The standard InChI is InChI=1S/Cu.O2.O/c;1-2;/q+2;-2;. The Morgan fingerprint density at radius 2 is 1.75 bits per heavy atom. The summed E-state index contributed by atoms with van der Waals surface area (Å²) >= 11 is -1.31. The molecule has 0 saturated carbocycles. The molecule has 0 spiro atoms. The van der Waals surface area contributed by atoms with Gasteiger partial charge in [0.05, 0.1) is 0 Å². The van der Waals surface area contributed by atoms with E-state index in [-0.39, 0.29) is 0 Å². The second kappa shape index (κ2) is 0.592. The molecule has 3 nitrogen and oxygen atoms in total. The summed E-state index contributed by atoms with van der Waals surface area (Å²) in [5.41, 5.74) is 0. The van der Waals surface area contributed by atoms with Crippen molar-refractivity contribution in [3.05, 3.63) is 0 Å². The van der Waals surface area contributed by atoms with E-state index >= 15 is 0 Å². The fourth-order valence-electron chi connectivity index (χ4n) is 0.00619. The van der Waals surface area contributed by atoms with Gasteiger partial charge in [-0.05, 0) is 0 Å². The van der Waals surface area contributed by atoms with Gasteiger partial charge >= 0.3 is 26.3 Å². The summed E-state index contributed by atoms with van der Waals surface area (Å²) in [7, 11) is 0. The first kappa shape index (κ1) is 2.48. The Hall–Kier alpha value is 0.239. The van der Waals surface area contributed by atoms with Gasteiger partial charge in [-0.3, -0.25) is 0 Å². The van der Waals surface area contributed by atoms with Crippen LogP contribution < -0.4 is 0 Å². The van der Waals surface area contributed by atoms with E-state index in [1.165, 1.54) is 0 Å². The Morgan fingerprint density at radius 3 is 1.75 bits per heavy atom. The fourth-order valence-corrected chi connectivity index (χ4v) is 0.105. The molecule has 0 aromatic rings. The third-order valence-corrected chi connectivity index (χ3v) is 0.376. The van der Waals surface area contributed by atoms with E-state index in [1.807, 2.05) is 0 Å². The average Bonchev–Trinajstić information content (AvgIpc) is 1.75. The van der Waals surface area contributed by atoms with Crippen molar-refractivity contribution in [3.63, 3.8) is 0 Å². The second-order valence-electron chi connectivity index (χ2n) is 0.251. The van der Waals surface area contributed by atoms with Crippen LogP contribution in [0.15, 0.2) is 0 Å². The van der Waals surface area contributed by atoms with Crippen molar-refractivity contribution in [1.29, 1.82) is 0 Å². The third kappa shape index (κ3) is 0.328. The van der Waals surface area contributed by atoms with Crippen molar-refractivity contribution in [2.45, 2.75) is 0 Å². The fraction of sp³-hybridized carbons (Fsp3) is 0. The molecule has 29 valence electrons. The third-order valence-electron chi connectivity index (χ3n) is 0.0913. The van der Waals surface area contributed by atoms with E-state index in [0.29, 0.717) is 0 Å². The van der Waals surface area contributed by atoms with Gasteiger partial charge in [0.25, 0.3) is 0 Å². The van der Waals surface area contributed by atoms with Crippen molar-refractivity contribution in [3.8, 4) is 0 Å². The zero-order chi connectivity index (χ0) is 2.99. The van der Waals surface area contributed by atoms with Gasteiger partial charge in [0.15, 0.2) is 0 Å². The van der Waals surface area contributed by atoms with Gasteiger partial charge in [0.2, 0.25) is 0 Å². The van der Waals surface area contributed by atoms with E-state index in [2.05, 4.69) is 7.94 Å². The molecule has 1 fully saturated rings. The van der Waals surface area contributed by atoms with Gasteiger partial charge in [-0.1, -0.05) is 0 Å². The van der Waals surface area contributed by atoms with E-state index in [0.717, 1.165) is 0 Å². The van der Waals surface area contributed by atoms with Crippen molar-refractivity contribution < 1.29 is 26.3 Å². The number of hydrogen-bond acceptors (Lipinski definition) is 3.